The summed E-state index contributed by atoms with van der Waals surface area (Å²) in [6.45, 7) is 2.63. The third-order valence-corrected chi connectivity index (χ3v) is 1.67. The number of rotatable bonds is 4. The summed E-state index contributed by atoms with van der Waals surface area (Å²) in [5, 5.41) is 11.6. The van der Waals surface area contributed by atoms with Crippen LogP contribution in [0, 0.1) is 11.3 Å². The molecule has 6 heteroatoms. The molecule has 0 unspecified atom stereocenters. The van der Waals surface area contributed by atoms with E-state index in [2.05, 4.69) is 15.3 Å². The molecule has 1 aromatic rings. The summed E-state index contributed by atoms with van der Waals surface area (Å²) in [6, 6.07) is 1.88. The highest BCUT2D eigenvalue weighted by atomic mass is 16.1. The van der Waals surface area contributed by atoms with E-state index in [9.17, 15) is 4.79 Å². The first kappa shape index (κ1) is 10.9. The van der Waals surface area contributed by atoms with Crippen LogP contribution >= 0.6 is 0 Å². The van der Waals surface area contributed by atoms with E-state index in [1.165, 1.54) is 6.20 Å². The van der Waals surface area contributed by atoms with Gasteiger partial charge in [0.15, 0.2) is 11.5 Å². The largest absolute Gasteiger partial charge is 0.368 e. The summed E-state index contributed by atoms with van der Waals surface area (Å²) in [5.41, 5.74) is 5.26. The number of nitrogens with one attached hydrogen (secondary N) is 1. The van der Waals surface area contributed by atoms with Gasteiger partial charge in [0.05, 0.1) is 6.20 Å². The first-order chi connectivity index (χ1) is 7.19. The van der Waals surface area contributed by atoms with Crippen molar-refractivity contribution < 1.29 is 4.79 Å². The van der Waals surface area contributed by atoms with E-state index >= 15 is 0 Å². The number of nitrogens with zero attached hydrogens (tertiary/aromatic N) is 3. The van der Waals surface area contributed by atoms with E-state index < -0.39 is 5.91 Å². The minimum absolute atomic E-state index is 0.0487. The first-order valence-electron chi connectivity index (χ1n) is 4.49. The van der Waals surface area contributed by atoms with E-state index in [-0.39, 0.29) is 11.4 Å². The molecule has 0 fully saturated rings. The minimum Gasteiger partial charge on any atom is -0.368 e. The van der Waals surface area contributed by atoms with Crippen molar-refractivity contribution in [2.45, 2.75) is 13.3 Å². The third kappa shape index (κ3) is 2.64. The molecule has 1 rings (SSSR count). The lowest BCUT2D eigenvalue weighted by atomic mass is 10.3. The van der Waals surface area contributed by atoms with Crippen molar-refractivity contribution in [3.8, 4) is 6.07 Å². The average Bonchev–Trinajstić information content (AvgIpc) is 2.25. The zero-order chi connectivity index (χ0) is 11.3. The van der Waals surface area contributed by atoms with Gasteiger partial charge in [0, 0.05) is 6.54 Å². The highest BCUT2D eigenvalue weighted by molar-refractivity contribution is 5.90. The van der Waals surface area contributed by atoms with Crippen molar-refractivity contribution in [2.75, 3.05) is 11.9 Å². The van der Waals surface area contributed by atoms with Crippen LogP contribution < -0.4 is 11.1 Å². The quantitative estimate of drug-likeness (QED) is 0.734. The lowest BCUT2D eigenvalue weighted by Gasteiger charge is -2.05. The monoisotopic (exact) mass is 205 g/mol. The molecule has 1 aromatic heterocycles. The SMILES string of the molecule is CCCNc1nc(C(N)=O)cnc1C#N. The van der Waals surface area contributed by atoms with Gasteiger partial charge in [0.25, 0.3) is 5.91 Å². The number of nitrogens with two attached hydrogens (primary N) is 1. The molecule has 0 saturated heterocycles. The van der Waals surface area contributed by atoms with E-state index in [1.54, 1.807) is 0 Å². The Bertz CT molecular complexity index is 409. The van der Waals surface area contributed by atoms with Crippen LogP contribution in [-0.4, -0.2) is 22.4 Å². The van der Waals surface area contributed by atoms with E-state index in [0.29, 0.717) is 12.4 Å². The molecule has 6 nitrogen and oxygen atoms in total. The van der Waals surface area contributed by atoms with Gasteiger partial charge in [-0.1, -0.05) is 6.92 Å². The maximum absolute atomic E-state index is 10.8. The number of primary amides is 1. The summed E-state index contributed by atoms with van der Waals surface area (Å²) in [5.74, 6) is -0.359. The fourth-order valence-corrected chi connectivity index (χ4v) is 0.956. The molecule has 0 radical (unpaired) electrons. The standard InChI is InChI=1S/C9H11N5O/c1-2-3-12-9-6(4-10)13-5-7(14-9)8(11)15/h5H,2-3H2,1H3,(H2,11,15)(H,12,14). The lowest BCUT2D eigenvalue weighted by molar-refractivity contribution is 0.0995. The number of amides is 1. The molecule has 3 N–H and O–H groups in total. The number of carbonyl (C=O) groups excluding carboxylic acids is 1. The Hall–Kier alpha value is -2.16. The van der Waals surface area contributed by atoms with Gasteiger partial charge in [-0.2, -0.15) is 5.26 Å². The van der Waals surface area contributed by atoms with Crippen LogP contribution in [-0.2, 0) is 0 Å². The molecule has 0 saturated carbocycles. The van der Waals surface area contributed by atoms with Gasteiger partial charge in [-0.05, 0) is 6.42 Å². The van der Waals surface area contributed by atoms with Crippen molar-refractivity contribution in [2.24, 2.45) is 5.73 Å². The van der Waals surface area contributed by atoms with E-state index in [0.717, 1.165) is 6.42 Å². The van der Waals surface area contributed by atoms with Crippen LogP contribution in [0.1, 0.15) is 29.5 Å². The molecule has 0 aliphatic heterocycles. The second kappa shape index (κ2) is 4.91. The smallest absolute Gasteiger partial charge is 0.268 e. The maximum Gasteiger partial charge on any atom is 0.268 e. The topological polar surface area (TPSA) is 105 Å². The van der Waals surface area contributed by atoms with Gasteiger partial charge in [-0.25, -0.2) is 9.97 Å². The summed E-state index contributed by atoms with van der Waals surface area (Å²) < 4.78 is 0. The van der Waals surface area contributed by atoms with Crippen LogP contribution in [0.3, 0.4) is 0 Å². The number of hydrogen-bond donors (Lipinski definition) is 2. The van der Waals surface area contributed by atoms with Gasteiger partial charge in [0.2, 0.25) is 0 Å². The molecule has 0 aliphatic carbocycles. The van der Waals surface area contributed by atoms with Gasteiger partial charge in [-0.15, -0.1) is 0 Å². The Balaban J connectivity index is 3.03. The molecule has 1 amide bonds. The van der Waals surface area contributed by atoms with Crippen molar-refractivity contribution >= 4 is 11.7 Å². The van der Waals surface area contributed by atoms with Crippen LogP contribution in [0.5, 0.6) is 0 Å². The van der Waals surface area contributed by atoms with Crippen molar-refractivity contribution in [3.05, 3.63) is 17.6 Å². The summed E-state index contributed by atoms with van der Waals surface area (Å²) in [7, 11) is 0. The fourth-order valence-electron chi connectivity index (χ4n) is 0.956. The fraction of sp³-hybridized carbons (Fsp3) is 0.333. The second-order valence-corrected chi connectivity index (χ2v) is 2.86. The molecule has 0 aromatic carbocycles. The Morgan fingerprint density at radius 3 is 3.00 bits per heavy atom. The summed E-state index contributed by atoms with van der Waals surface area (Å²) in [6.07, 6.45) is 2.07. The molecule has 0 aliphatic rings. The normalized spacial score (nSPS) is 9.33. The lowest BCUT2D eigenvalue weighted by Crippen LogP contribution is -2.16. The van der Waals surface area contributed by atoms with E-state index in [4.69, 9.17) is 11.0 Å². The highest BCUT2D eigenvalue weighted by Crippen LogP contribution is 2.08. The third-order valence-electron chi connectivity index (χ3n) is 1.67. The number of anilines is 1. The minimum atomic E-state index is -0.661. The van der Waals surface area contributed by atoms with Gasteiger partial charge in [-0.3, -0.25) is 4.79 Å². The summed E-state index contributed by atoms with van der Waals surface area (Å²) >= 11 is 0. The number of carbonyl (C=O) groups is 1. The van der Waals surface area contributed by atoms with Crippen molar-refractivity contribution in [1.29, 1.82) is 5.26 Å². The Morgan fingerprint density at radius 1 is 1.73 bits per heavy atom. The average molecular weight is 205 g/mol. The molecular weight excluding hydrogens is 194 g/mol. The Kier molecular flexibility index (Phi) is 3.57. The van der Waals surface area contributed by atoms with Crippen LogP contribution in [0.15, 0.2) is 6.20 Å². The predicted molar refractivity (Wildman–Crippen MR) is 54.0 cm³/mol. The van der Waals surface area contributed by atoms with Crippen LogP contribution in [0.2, 0.25) is 0 Å². The number of aromatic nitrogens is 2. The maximum atomic E-state index is 10.8. The zero-order valence-corrected chi connectivity index (χ0v) is 8.32. The van der Waals surface area contributed by atoms with Gasteiger partial charge >= 0.3 is 0 Å². The zero-order valence-electron chi connectivity index (χ0n) is 8.32. The van der Waals surface area contributed by atoms with Gasteiger partial charge < -0.3 is 11.1 Å². The Morgan fingerprint density at radius 2 is 2.47 bits per heavy atom. The molecule has 0 atom stereocenters. The molecule has 1 heterocycles. The second-order valence-electron chi connectivity index (χ2n) is 2.86. The number of nitriles is 1. The Labute approximate surface area is 87.1 Å². The summed E-state index contributed by atoms with van der Waals surface area (Å²) in [4.78, 5) is 18.5. The molecular formula is C9H11N5O. The molecule has 0 bridgehead atoms. The van der Waals surface area contributed by atoms with E-state index in [1.807, 2.05) is 13.0 Å². The van der Waals surface area contributed by atoms with Gasteiger partial charge in [0.1, 0.15) is 11.8 Å². The number of hydrogen-bond acceptors (Lipinski definition) is 5. The molecule has 15 heavy (non-hydrogen) atoms. The molecule has 0 spiro atoms. The van der Waals surface area contributed by atoms with Crippen LogP contribution in [0.4, 0.5) is 5.82 Å². The first-order valence-corrected chi connectivity index (χ1v) is 4.49. The van der Waals surface area contributed by atoms with Crippen molar-refractivity contribution in [1.82, 2.24) is 9.97 Å². The highest BCUT2D eigenvalue weighted by Gasteiger charge is 2.09. The predicted octanol–water partition coefficient (Wildman–Crippen LogP) is 0.269. The molecule has 78 valence electrons. The van der Waals surface area contributed by atoms with Crippen molar-refractivity contribution in [3.63, 3.8) is 0 Å². The van der Waals surface area contributed by atoms with Crippen LogP contribution in [0.25, 0.3) is 0 Å².